The van der Waals surface area contributed by atoms with Gasteiger partial charge in [-0.3, -0.25) is 4.79 Å². The Morgan fingerprint density at radius 2 is 1.16 bits per heavy atom. The minimum atomic E-state index is -1.81. The van der Waals surface area contributed by atoms with E-state index in [0.717, 1.165) is 19.0 Å². The normalized spacial score (nSPS) is 11.5. The molecule has 0 bridgehead atoms. The number of rotatable bonds is 9. The molecule has 0 atom stereocenters. The van der Waals surface area contributed by atoms with E-state index in [9.17, 15) is 9.90 Å². The molecule has 0 saturated carbocycles. The highest BCUT2D eigenvalue weighted by Gasteiger charge is 2.44. The summed E-state index contributed by atoms with van der Waals surface area (Å²) in [5.41, 5.74) is -1.34. The molecule has 164 valence electrons. The number of nitrogens with one attached hydrogen (secondary N) is 1. The van der Waals surface area contributed by atoms with E-state index in [2.05, 4.69) is 96.3 Å². The molecule has 0 aromatic heterocycles. The summed E-state index contributed by atoms with van der Waals surface area (Å²) in [7, 11) is -1.81. The van der Waals surface area contributed by atoms with Crippen LogP contribution < -0.4 is 38.2 Å². The Kier molecular flexibility index (Phi) is 9.43. The van der Waals surface area contributed by atoms with Crippen LogP contribution in [0.2, 0.25) is 0 Å². The van der Waals surface area contributed by atoms with Crippen molar-refractivity contribution >= 4 is 29.1 Å². The van der Waals surface area contributed by atoms with Crippen molar-refractivity contribution in [2.75, 3.05) is 12.7 Å². The fourth-order valence-corrected chi connectivity index (χ4v) is 8.18. The summed E-state index contributed by atoms with van der Waals surface area (Å²) in [6, 6.07) is 32.5. The molecule has 3 aromatic rings. The molecule has 0 fully saturated rings. The molecule has 0 aliphatic rings. The largest absolute Gasteiger partial charge is 1.00 e. The quantitative estimate of drug-likeness (QED) is 0.335. The van der Waals surface area contributed by atoms with Crippen LogP contribution >= 0.6 is 7.26 Å². The molecule has 0 unspecified atom stereocenters. The zero-order valence-corrected chi connectivity index (χ0v) is 20.6. The predicted octanol–water partition coefficient (Wildman–Crippen LogP) is 0.652. The standard InChI is InChI=1S/C26H30NO2P.BrH/c1-26(2,29)25(28)27-20-12-13-21-30(22-14-6-3-7-15-22,23-16-8-4-9-17-23)24-18-10-5-11-19-24;/h3-11,14-19,29H,12-13,20-21H2,1-2H3;1H. The van der Waals surface area contributed by atoms with Crippen LogP contribution in [-0.4, -0.2) is 29.3 Å². The lowest BCUT2D eigenvalue weighted by atomic mass is 10.1. The maximum atomic E-state index is 11.9. The van der Waals surface area contributed by atoms with E-state index in [-0.39, 0.29) is 22.9 Å². The van der Waals surface area contributed by atoms with E-state index in [1.54, 1.807) is 0 Å². The van der Waals surface area contributed by atoms with E-state index >= 15 is 0 Å². The van der Waals surface area contributed by atoms with Gasteiger partial charge in [0.15, 0.2) is 0 Å². The van der Waals surface area contributed by atoms with Crippen molar-refractivity contribution in [1.82, 2.24) is 5.32 Å². The van der Waals surface area contributed by atoms with Crippen LogP contribution in [0.1, 0.15) is 26.7 Å². The Hall–Kier alpha value is -2.00. The van der Waals surface area contributed by atoms with E-state index < -0.39 is 12.9 Å². The average molecular weight is 500 g/mol. The number of carbonyl (C=O) groups excluding carboxylic acids is 1. The third-order valence-corrected chi connectivity index (χ3v) is 9.88. The number of benzene rings is 3. The van der Waals surface area contributed by atoms with Crippen molar-refractivity contribution in [3.05, 3.63) is 91.0 Å². The third kappa shape index (κ3) is 6.26. The zero-order chi connectivity index (χ0) is 21.5. The molecule has 0 spiro atoms. The molecule has 1 amide bonds. The molecule has 3 rings (SSSR count). The number of hydrogen-bond donors (Lipinski definition) is 2. The van der Waals surface area contributed by atoms with Gasteiger partial charge in [0.05, 0.1) is 6.16 Å². The highest BCUT2D eigenvalue weighted by Crippen LogP contribution is 2.55. The maximum Gasteiger partial charge on any atom is 0.251 e. The van der Waals surface area contributed by atoms with Gasteiger partial charge in [-0.1, -0.05) is 54.6 Å². The summed E-state index contributed by atoms with van der Waals surface area (Å²) in [5, 5.41) is 16.8. The van der Waals surface area contributed by atoms with Crippen molar-refractivity contribution in [1.29, 1.82) is 0 Å². The molecule has 2 N–H and O–H groups in total. The highest BCUT2D eigenvalue weighted by atomic mass is 79.9. The van der Waals surface area contributed by atoms with Crippen LogP contribution in [0.4, 0.5) is 0 Å². The number of aliphatic hydroxyl groups is 1. The van der Waals surface area contributed by atoms with Crippen molar-refractivity contribution in [3.8, 4) is 0 Å². The summed E-state index contributed by atoms with van der Waals surface area (Å²) in [5.74, 6) is -0.322. The molecule has 5 heteroatoms. The number of unbranched alkanes of at least 4 members (excludes halogenated alkanes) is 1. The molecule has 0 saturated heterocycles. The second-order valence-electron chi connectivity index (χ2n) is 8.06. The summed E-state index contributed by atoms with van der Waals surface area (Å²) in [6.45, 7) is 3.60. The Morgan fingerprint density at radius 3 is 1.52 bits per heavy atom. The van der Waals surface area contributed by atoms with Gasteiger partial charge in [0.25, 0.3) is 5.91 Å². The molecule has 0 radical (unpaired) electrons. The van der Waals surface area contributed by atoms with Crippen molar-refractivity contribution in [2.24, 2.45) is 0 Å². The van der Waals surface area contributed by atoms with Crippen LogP contribution in [0.25, 0.3) is 0 Å². The Balaban J connectivity index is 0.00000341. The van der Waals surface area contributed by atoms with Crippen LogP contribution in [-0.2, 0) is 4.79 Å². The predicted molar refractivity (Wildman–Crippen MR) is 129 cm³/mol. The topological polar surface area (TPSA) is 49.3 Å². The molecule has 0 heterocycles. The number of carbonyl (C=O) groups is 1. The van der Waals surface area contributed by atoms with Crippen molar-refractivity contribution < 1.29 is 26.9 Å². The molecular weight excluding hydrogens is 469 g/mol. The van der Waals surface area contributed by atoms with E-state index in [1.807, 2.05) is 0 Å². The molecule has 3 aromatic carbocycles. The molecular formula is C26H31BrNO2P. The van der Waals surface area contributed by atoms with Gasteiger partial charge in [0.2, 0.25) is 0 Å². The average Bonchev–Trinajstić information content (AvgIpc) is 2.77. The van der Waals surface area contributed by atoms with Gasteiger partial charge >= 0.3 is 0 Å². The third-order valence-electron chi connectivity index (χ3n) is 5.35. The number of amides is 1. The first-order valence-electron chi connectivity index (χ1n) is 10.5. The van der Waals surface area contributed by atoms with Crippen LogP contribution in [0.3, 0.4) is 0 Å². The highest BCUT2D eigenvalue weighted by molar-refractivity contribution is 7.95. The van der Waals surface area contributed by atoms with Crippen LogP contribution in [0, 0.1) is 0 Å². The second-order valence-corrected chi connectivity index (χ2v) is 11.7. The lowest BCUT2D eigenvalue weighted by Gasteiger charge is -2.27. The van der Waals surface area contributed by atoms with Crippen LogP contribution in [0.5, 0.6) is 0 Å². The first kappa shape index (κ1) is 25.3. The minimum absolute atomic E-state index is 0. The molecule has 31 heavy (non-hydrogen) atoms. The number of halogens is 1. The van der Waals surface area contributed by atoms with Gasteiger partial charge in [0, 0.05) is 6.54 Å². The van der Waals surface area contributed by atoms with Crippen LogP contribution in [0.15, 0.2) is 91.0 Å². The van der Waals surface area contributed by atoms with Crippen molar-refractivity contribution in [3.63, 3.8) is 0 Å². The lowest BCUT2D eigenvalue weighted by molar-refractivity contribution is -0.136. The summed E-state index contributed by atoms with van der Waals surface area (Å²) in [6.07, 6.45) is 2.89. The maximum absolute atomic E-state index is 11.9. The lowest BCUT2D eigenvalue weighted by Crippen LogP contribution is -3.00. The van der Waals surface area contributed by atoms with Gasteiger partial charge in [-0.05, 0) is 63.1 Å². The zero-order valence-electron chi connectivity index (χ0n) is 18.2. The van der Waals surface area contributed by atoms with Gasteiger partial charge in [-0.2, -0.15) is 0 Å². The minimum Gasteiger partial charge on any atom is -1.00 e. The van der Waals surface area contributed by atoms with Gasteiger partial charge < -0.3 is 27.4 Å². The fourth-order valence-electron chi connectivity index (χ4n) is 3.77. The van der Waals surface area contributed by atoms with Gasteiger partial charge in [0.1, 0.15) is 28.8 Å². The Labute approximate surface area is 197 Å². The van der Waals surface area contributed by atoms with E-state index in [1.165, 1.54) is 29.8 Å². The number of hydrogen-bond acceptors (Lipinski definition) is 2. The first-order valence-corrected chi connectivity index (χ1v) is 12.5. The van der Waals surface area contributed by atoms with E-state index in [0.29, 0.717) is 6.54 Å². The summed E-state index contributed by atoms with van der Waals surface area (Å²) >= 11 is 0. The SMILES string of the molecule is CC(C)(O)C(=O)NCCCC[P+](c1ccccc1)(c1ccccc1)c1ccccc1.[Br-]. The fraction of sp³-hybridized carbons (Fsp3) is 0.269. The van der Waals surface area contributed by atoms with Gasteiger partial charge in [-0.25, -0.2) is 0 Å². The van der Waals surface area contributed by atoms with E-state index in [4.69, 9.17) is 0 Å². The molecule has 0 aliphatic heterocycles. The summed E-state index contributed by atoms with van der Waals surface area (Å²) < 4.78 is 0. The Morgan fingerprint density at radius 1 is 0.774 bits per heavy atom. The van der Waals surface area contributed by atoms with Crippen molar-refractivity contribution in [2.45, 2.75) is 32.3 Å². The smallest absolute Gasteiger partial charge is 0.251 e. The first-order chi connectivity index (χ1) is 14.4. The monoisotopic (exact) mass is 499 g/mol. The molecule has 0 aliphatic carbocycles. The van der Waals surface area contributed by atoms with Gasteiger partial charge in [-0.15, -0.1) is 0 Å². The molecule has 3 nitrogen and oxygen atoms in total. The second kappa shape index (κ2) is 11.6. The Bertz CT molecular complexity index is 831. The summed E-state index contributed by atoms with van der Waals surface area (Å²) in [4.78, 5) is 11.9.